The van der Waals surface area contributed by atoms with E-state index in [1.807, 2.05) is 26.0 Å². The second-order valence-corrected chi connectivity index (χ2v) is 6.45. The summed E-state index contributed by atoms with van der Waals surface area (Å²) < 4.78 is 0. The highest BCUT2D eigenvalue weighted by molar-refractivity contribution is 7.13. The van der Waals surface area contributed by atoms with Gasteiger partial charge in [0.25, 0.3) is 0 Å². The molecule has 2 N–H and O–H groups in total. The Balaban J connectivity index is 0.000000228. The molecule has 0 bridgehead atoms. The van der Waals surface area contributed by atoms with Gasteiger partial charge in [0.1, 0.15) is 5.69 Å². The monoisotopic (exact) mass is 332 g/mol. The van der Waals surface area contributed by atoms with E-state index in [4.69, 9.17) is 0 Å². The fourth-order valence-corrected chi connectivity index (χ4v) is 2.46. The number of nitrogens with zero attached hydrogens (tertiary/aromatic N) is 2. The van der Waals surface area contributed by atoms with Crippen LogP contribution in [-0.2, 0) is 0 Å². The van der Waals surface area contributed by atoms with Crippen molar-refractivity contribution in [1.82, 2.24) is 20.4 Å². The van der Waals surface area contributed by atoms with Gasteiger partial charge < -0.3 is 0 Å². The third kappa shape index (κ3) is 6.02. The van der Waals surface area contributed by atoms with E-state index in [2.05, 4.69) is 65.6 Å². The highest BCUT2D eigenvalue weighted by atomic mass is 32.1. The molecule has 0 unspecified atom stereocenters. The van der Waals surface area contributed by atoms with E-state index in [0.29, 0.717) is 11.8 Å². The maximum absolute atomic E-state index is 4.27. The van der Waals surface area contributed by atoms with Gasteiger partial charge in [0.15, 0.2) is 0 Å². The Morgan fingerprint density at radius 2 is 1.65 bits per heavy atom. The van der Waals surface area contributed by atoms with Crippen molar-refractivity contribution < 1.29 is 0 Å². The summed E-state index contributed by atoms with van der Waals surface area (Å²) in [4.78, 5) is 1.23. The van der Waals surface area contributed by atoms with Gasteiger partial charge in [0.2, 0.25) is 0 Å². The minimum Gasteiger partial charge on any atom is -0.282 e. The zero-order valence-corrected chi connectivity index (χ0v) is 15.7. The quantitative estimate of drug-likeness (QED) is 0.635. The first-order valence-corrected chi connectivity index (χ1v) is 9.04. The van der Waals surface area contributed by atoms with Crippen LogP contribution in [0.15, 0.2) is 35.8 Å². The Morgan fingerprint density at radius 3 is 2.04 bits per heavy atom. The molecule has 0 fully saturated rings. The molecule has 3 heterocycles. The summed E-state index contributed by atoms with van der Waals surface area (Å²) >= 11 is 1.72. The molecule has 5 heteroatoms. The molecule has 0 aromatic carbocycles. The lowest BCUT2D eigenvalue weighted by molar-refractivity contribution is 0.810. The zero-order chi connectivity index (χ0) is 17.2. The van der Waals surface area contributed by atoms with Crippen LogP contribution in [0.5, 0.6) is 0 Å². The van der Waals surface area contributed by atoms with Crippen molar-refractivity contribution in [3.05, 3.63) is 47.2 Å². The van der Waals surface area contributed by atoms with Gasteiger partial charge in [-0.3, -0.25) is 10.2 Å². The van der Waals surface area contributed by atoms with E-state index in [9.17, 15) is 0 Å². The molecule has 23 heavy (non-hydrogen) atoms. The van der Waals surface area contributed by atoms with Crippen LogP contribution in [0.2, 0.25) is 0 Å². The second kappa shape index (κ2) is 10.0. The maximum atomic E-state index is 4.27. The molecule has 0 radical (unpaired) electrons. The summed E-state index contributed by atoms with van der Waals surface area (Å²) in [5.41, 5.74) is 3.45. The Hall–Kier alpha value is -1.88. The summed E-state index contributed by atoms with van der Waals surface area (Å²) in [5.74, 6) is 1.08. The summed E-state index contributed by atoms with van der Waals surface area (Å²) in [7, 11) is 0. The molecule has 0 aliphatic carbocycles. The summed E-state index contributed by atoms with van der Waals surface area (Å²) in [6.45, 7) is 12.6. The van der Waals surface area contributed by atoms with Crippen molar-refractivity contribution in [3.8, 4) is 10.6 Å². The van der Waals surface area contributed by atoms with Gasteiger partial charge in [-0.25, -0.2) is 0 Å². The fourth-order valence-electron chi connectivity index (χ4n) is 1.77. The third-order valence-corrected chi connectivity index (χ3v) is 4.03. The first-order valence-electron chi connectivity index (χ1n) is 8.16. The van der Waals surface area contributed by atoms with E-state index < -0.39 is 0 Å². The molecule has 4 nitrogen and oxygen atoms in total. The van der Waals surface area contributed by atoms with Crippen molar-refractivity contribution in [2.75, 3.05) is 0 Å². The summed E-state index contributed by atoms with van der Waals surface area (Å²) in [5, 5.41) is 16.1. The van der Waals surface area contributed by atoms with Crippen LogP contribution in [0.4, 0.5) is 0 Å². The molecule has 3 aromatic rings. The molecule has 0 saturated heterocycles. The Bertz CT molecular complexity index is 622. The SMILES string of the molecule is CC.CC(C)c1cc(-c2cccs2)n[nH]1.CC(C)c1ccn[nH]1. The molecule has 0 spiro atoms. The predicted molar refractivity (Wildman–Crippen MR) is 100 cm³/mol. The lowest BCUT2D eigenvalue weighted by atomic mass is 10.1. The van der Waals surface area contributed by atoms with E-state index in [-0.39, 0.29) is 0 Å². The molecule has 0 atom stereocenters. The van der Waals surface area contributed by atoms with E-state index in [1.165, 1.54) is 16.3 Å². The minimum absolute atomic E-state index is 0.515. The number of rotatable bonds is 3. The normalized spacial score (nSPS) is 10.1. The van der Waals surface area contributed by atoms with Gasteiger partial charge in [-0.2, -0.15) is 10.2 Å². The standard InChI is InChI=1S/C10H12N2S.C6H10N2.C2H6/c1-7(2)8-6-9(12-11-8)10-4-3-5-13-10;1-5(2)6-3-4-7-8-6;1-2/h3-7H,1-2H3,(H,11,12);3-5H,1-2H3,(H,7,8);1-2H3. The molecular formula is C18H28N4S. The van der Waals surface area contributed by atoms with Crippen LogP contribution in [-0.4, -0.2) is 20.4 Å². The van der Waals surface area contributed by atoms with Crippen LogP contribution < -0.4 is 0 Å². The van der Waals surface area contributed by atoms with Gasteiger partial charge in [0.05, 0.1) is 4.88 Å². The van der Waals surface area contributed by atoms with Crippen molar-refractivity contribution >= 4 is 11.3 Å². The van der Waals surface area contributed by atoms with Crippen molar-refractivity contribution in [1.29, 1.82) is 0 Å². The van der Waals surface area contributed by atoms with E-state index in [1.54, 1.807) is 17.5 Å². The lowest BCUT2D eigenvalue weighted by Crippen LogP contribution is -1.85. The van der Waals surface area contributed by atoms with Crippen molar-refractivity contribution in [2.24, 2.45) is 0 Å². The van der Waals surface area contributed by atoms with E-state index in [0.717, 1.165) is 5.69 Å². The molecule has 3 aromatic heterocycles. The van der Waals surface area contributed by atoms with Gasteiger partial charge >= 0.3 is 0 Å². The second-order valence-electron chi connectivity index (χ2n) is 5.51. The van der Waals surface area contributed by atoms with Gasteiger partial charge in [-0.15, -0.1) is 11.3 Å². The molecule has 0 saturated carbocycles. The highest BCUT2D eigenvalue weighted by Gasteiger charge is 2.06. The average Bonchev–Trinajstić information content (AvgIpc) is 3.29. The smallest absolute Gasteiger partial charge is 0.102 e. The highest BCUT2D eigenvalue weighted by Crippen LogP contribution is 2.24. The fraction of sp³-hybridized carbons (Fsp3) is 0.444. The van der Waals surface area contributed by atoms with Gasteiger partial charge in [0, 0.05) is 17.6 Å². The van der Waals surface area contributed by atoms with Crippen LogP contribution in [0.25, 0.3) is 10.6 Å². The molecule has 126 valence electrons. The third-order valence-electron chi connectivity index (χ3n) is 3.14. The van der Waals surface area contributed by atoms with Crippen molar-refractivity contribution in [3.63, 3.8) is 0 Å². The number of aromatic nitrogens is 4. The zero-order valence-electron chi connectivity index (χ0n) is 14.9. The molecule has 0 aliphatic heterocycles. The summed E-state index contributed by atoms with van der Waals surface area (Å²) in [6.07, 6.45) is 1.77. The topological polar surface area (TPSA) is 57.4 Å². The Morgan fingerprint density at radius 1 is 0.957 bits per heavy atom. The summed E-state index contributed by atoms with van der Waals surface area (Å²) in [6, 6.07) is 8.25. The Kier molecular flexibility index (Phi) is 8.33. The van der Waals surface area contributed by atoms with Crippen molar-refractivity contribution in [2.45, 2.75) is 53.4 Å². The molecule has 3 rings (SSSR count). The number of thiophene rings is 1. The average molecular weight is 333 g/mol. The Labute approximate surface area is 143 Å². The van der Waals surface area contributed by atoms with Crippen LogP contribution in [0.1, 0.15) is 64.8 Å². The molecule has 0 amide bonds. The first kappa shape index (κ1) is 19.2. The maximum Gasteiger partial charge on any atom is 0.102 e. The lowest BCUT2D eigenvalue weighted by Gasteiger charge is -1.96. The van der Waals surface area contributed by atoms with Crippen LogP contribution >= 0.6 is 11.3 Å². The van der Waals surface area contributed by atoms with Gasteiger partial charge in [-0.1, -0.05) is 47.6 Å². The van der Waals surface area contributed by atoms with E-state index >= 15 is 0 Å². The largest absolute Gasteiger partial charge is 0.282 e. The van der Waals surface area contributed by atoms with Crippen LogP contribution in [0, 0.1) is 0 Å². The number of nitrogens with one attached hydrogen (secondary N) is 2. The van der Waals surface area contributed by atoms with Gasteiger partial charge in [-0.05, 0) is 35.4 Å². The van der Waals surface area contributed by atoms with Crippen LogP contribution in [0.3, 0.4) is 0 Å². The first-order chi connectivity index (χ1) is 11.1. The molecule has 0 aliphatic rings. The number of hydrogen-bond acceptors (Lipinski definition) is 3. The number of aromatic amines is 2. The minimum atomic E-state index is 0.515. The number of H-pyrrole nitrogens is 2. The molecular weight excluding hydrogens is 304 g/mol. The predicted octanol–water partition coefficient (Wildman–Crippen LogP) is 5.82. The number of hydrogen-bond donors (Lipinski definition) is 2.